The lowest BCUT2D eigenvalue weighted by molar-refractivity contribution is 0.323. The minimum Gasteiger partial charge on any atom is -0.490 e. The van der Waals surface area contributed by atoms with Crippen LogP contribution in [0.25, 0.3) is 0 Å². The molecule has 0 atom stereocenters. The fourth-order valence-corrected chi connectivity index (χ4v) is 1.51. The third-order valence-corrected chi connectivity index (χ3v) is 2.15. The number of ether oxygens (including phenoxy) is 1. The summed E-state index contributed by atoms with van der Waals surface area (Å²) >= 11 is 0. The second-order valence-corrected chi connectivity index (χ2v) is 3.14. The lowest BCUT2D eigenvalue weighted by Gasteiger charge is -2.19. The molecule has 3 N–H and O–H groups in total. The van der Waals surface area contributed by atoms with Crippen LogP contribution in [0.3, 0.4) is 0 Å². The standard InChI is InChI=1S/C10H14N2O/c11-4-3-8-1-2-10-9(7-8)12-5-6-13-10/h1-2,7,12H,3-6,11H2. The summed E-state index contributed by atoms with van der Waals surface area (Å²) < 4.78 is 5.46. The van der Waals surface area contributed by atoms with Crippen LogP contribution >= 0.6 is 0 Å². The maximum atomic E-state index is 5.48. The van der Waals surface area contributed by atoms with E-state index in [2.05, 4.69) is 17.4 Å². The zero-order valence-corrected chi connectivity index (χ0v) is 7.55. The predicted octanol–water partition coefficient (Wildman–Crippen LogP) is 0.992. The molecule has 0 aromatic heterocycles. The molecule has 0 saturated heterocycles. The summed E-state index contributed by atoms with van der Waals surface area (Å²) in [5, 5.41) is 3.30. The van der Waals surface area contributed by atoms with Gasteiger partial charge in [-0.25, -0.2) is 0 Å². The predicted molar refractivity (Wildman–Crippen MR) is 53.2 cm³/mol. The number of nitrogens with one attached hydrogen (secondary N) is 1. The summed E-state index contributed by atoms with van der Waals surface area (Å²) in [5.41, 5.74) is 7.84. The van der Waals surface area contributed by atoms with E-state index in [0.717, 1.165) is 31.0 Å². The average molecular weight is 178 g/mol. The number of benzene rings is 1. The first kappa shape index (κ1) is 8.38. The Kier molecular flexibility index (Phi) is 2.36. The van der Waals surface area contributed by atoms with Gasteiger partial charge in [0.1, 0.15) is 12.4 Å². The molecule has 0 aliphatic carbocycles. The second-order valence-electron chi connectivity index (χ2n) is 3.14. The third-order valence-electron chi connectivity index (χ3n) is 2.15. The minimum absolute atomic E-state index is 0.694. The average Bonchev–Trinajstić information content (AvgIpc) is 2.18. The molecule has 3 heteroatoms. The van der Waals surface area contributed by atoms with Gasteiger partial charge in [-0.05, 0) is 30.7 Å². The van der Waals surface area contributed by atoms with Crippen LogP contribution in [0, 0.1) is 0 Å². The molecule has 70 valence electrons. The normalized spacial score (nSPS) is 14.2. The van der Waals surface area contributed by atoms with Gasteiger partial charge in [0.05, 0.1) is 5.69 Å². The Morgan fingerprint density at radius 3 is 3.23 bits per heavy atom. The SMILES string of the molecule is NCCc1ccc2c(c1)NCCO2. The fraction of sp³-hybridized carbons (Fsp3) is 0.400. The Balaban J connectivity index is 2.24. The van der Waals surface area contributed by atoms with E-state index < -0.39 is 0 Å². The maximum absolute atomic E-state index is 5.48. The molecule has 0 bridgehead atoms. The number of rotatable bonds is 2. The molecule has 0 spiro atoms. The summed E-state index contributed by atoms with van der Waals surface area (Å²) in [5.74, 6) is 0.951. The van der Waals surface area contributed by atoms with E-state index in [4.69, 9.17) is 10.5 Å². The number of anilines is 1. The van der Waals surface area contributed by atoms with E-state index in [9.17, 15) is 0 Å². The van der Waals surface area contributed by atoms with Crippen LogP contribution in [0.4, 0.5) is 5.69 Å². The molecular formula is C10H14N2O. The van der Waals surface area contributed by atoms with E-state index in [1.165, 1.54) is 5.56 Å². The Bertz CT molecular complexity index is 299. The van der Waals surface area contributed by atoms with Crippen molar-refractivity contribution in [2.24, 2.45) is 5.73 Å². The highest BCUT2D eigenvalue weighted by molar-refractivity contribution is 5.59. The third kappa shape index (κ3) is 1.75. The van der Waals surface area contributed by atoms with Gasteiger partial charge < -0.3 is 15.8 Å². The van der Waals surface area contributed by atoms with Crippen molar-refractivity contribution in [3.05, 3.63) is 23.8 Å². The van der Waals surface area contributed by atoms with Crippen molar-refractivity contribution < 1.29 is 4.74 Å². The van der Waals surface area contributed by atoms with Gasteiger partial charge >= 0.3 is 0 Å². The van der Waals surface area contributed by atoms with Crippen molar-refractivity contribution in [2.45, 2.75) is 6.42 Å². The Morgan fingerprint density at radius 1 is 1.46 bits per heavy atom. The molecular weight excluding hydrogens is 164 g/mol. The first-order valence-corrected chi connectivity index (χ1v) is 4.60. The lowest BCUT2D eigenvalue weighted by Crippen LogP contribution is -2.18. The molecule has 0 unspecified atom stereocenters. The molecule has 0 saturated carbocycles. The molecule has 1 heterocycles. The quantitative estimate of drug-likeness (QED) is 0.710. The zero-order chi connectivity index (χ0) is 9.10. The first-order chi connectivity index (χ1) is 6.40. The summed E-state index contributed by atoms with van der Waals surface area (Å²) in [6.07, 6.45) is 0.926. The van der Waals surface area contributed by atoms with Crippen LogP contribution in [0.2, 0.25) is 0 Å². The van der Waals surface area contributed by atoms with Gasteiger partial charge in [0.2, 0.25) is 0 Å². The molecule has 1 aromatic rings. The van der Waals surface area contributed by atoms with Crippen molar-refractivity contribution in [2.75, 3.05) is 25.0 Å². The summed E-state index contributed by atoms with van der Waals surface area (Å²) in [6, 6.07) is 6.19. The van der Waals surface area contributed by atoms with E-state index >= 15 is 0 Å². The molecule has 1 aliphatic heterocycles. The van der Waals surface area contributed by atoms with Crippen LogP contribution in [-0.2, 0) is 6.42 Å². The van der Waals surface area contributed by atoms with Crippen molar-refractivity contribution in [1.82, 2.24) is 0 Å². The smallest absolute Gasteiger partial charge is 0.142 e. The van der Waals surface area contributed by atoms with Crippen molar-refractivity contribution in [3.63, 3.8) is 0 Å². The molecule has 13 heavy (non-hydrogen) atoms. The van der Waals surface area contributed by atoms with E-state index in [1.807, 2.05) is 6.07 Å². The highest BCUT2D eigenvalue weighted by atomic mass is 16.5. The van der Waals surface area contributed by atoms with Crippen molar-refractivity contribution >= 4 is 5.69 Å². The Labute approximate surface area is 77.9 Å². The van der Waals surface area contributed by atoms with E-state index in [-0.39, 0.29) is 0 Å². The van der Waals surface area contributed by atoms with Crippen LogP contribution in [0.15, 0.2) is 18.2 Å². The first-order valence-electron chi connectivity index (χ1n) is 4.60. The highest BCUT2D eigenvalue weighted by Crippen LogP contribution is 2.27. The molecule has 0 radical (unpaired) electrons. The van der Waals surface area contributed by atoms with Gasteiger partial charge in [-0.2, -0.15) is 0 Å². The largest absolute Gasteiger partial charge is 0.490 e. The van der Waals surface area contributed by atoms with Crippen LogP contribution < -0.4 is 15.8 Å². The Hall–Kier alpha value is -1.22. The number of nitrogens with two attached hydrogens (primary N) is 1. The number of hydrogen-bond acceptors (Lipinski definition) is 3. The minimum atomic E-state index is 0.694. The van der Waals surface area contributed by atoms with Gasteiger partial charge in [0.15, 0.2) is 0 Å². The monoisotopic (exact) mass is 178 g/mol. The van der Waals surface area contributed by atoms with Crippen LogP contribution in [0.5, 0.6) is 5.75 Å². The number of hydrogen-bond donors (Lipinski definition) is 2. The molecule has 2 rings (SSSR count). The van der Waals surface area contributed by atoms with Crippen LogP contribution in [0.1, 0.15) is 5.56 Å². The molecule has 3 nitrogen and oxygen atoms in total. The molecule has 1 aromatic carbocycles. The van der Waals surface area contributed by atoms with Crippen LogP contribution in [-0.4, -0.2) is 19.7 Å². The van der Waals surface area contributed by atoms with E-state index in [0.29, 0.717) is 6.54 Å². The second kappa shape index (κ2) is 3.66. The Morgan fingerprint density at radius 2 is 2.38 bits per heavy atom. The van der Waals surface area contributed by atoms with Gasteiger partial charge in [-0.3, -0.25) is 0 Å². The topological polar surface area (TPSA) is 47.3 Å². The zero-order valence-electron chi connectivity index (χ0n) is 7.55. The molecule has 1 aliphatic rings. The summed E-state index contributed by atoms with van der Waals surface area (Å²) in [7, 11) is 0. The molecule has 0 fully saturated rings. The lowest BCUT2D eigenvalue weighted by atomic mass is 10.1. The fourth-order valence-electron chi connectivity index (χ4n) is 1.51. The maximum Gasteiger partial charge on any atom is 0.142 e. The summed E-state index contributed by atoms with van der Waals surface area (Å²) in [4.78, 5) is 0. The number of fused-ring (bicyclic) bond motifs is 1. The van der Waals surface area contributed by atoms with Gasteiger partial charge in [-0.1, -0.05) is 6.07 Å². The molecule has 0 amide bonds. The highest BCUT2D eigenvalue weighted by Gasteiger charge is 2.08. The van der Waals surface area contributed by atoms with Crippen molar-refractivity contribution in [3.8, 4) is 5.75 Å². The van der Waals surface area contributed by atoms with Gasteiger partial charge in [-0.15, -0.1) is 0 Å². The van der Waals surface area contributed by atoms with E-state index in [1.54, 1.807) is 0 Å². The summed E-state index contributed by atoms with van der Waals surface area (Å²) in [6.45, 7) is 2.34. The van der Waals surface area contributed by atoms with Gasteiger partial charge in [0.25, 0.3) is 0 Å². The van der Waals surface area contributed by atoms with Crippen molar-refractivity contribution in [1.29, 1.82) is 0 Å². The van der Waals surface area contributed by atoms with Gasteiger partial charge in [0, 0.05) is 6.54 Å².